The summed E-state index contributed by atoms with van der Waals surface area (Å²) in [6.07, 6.45) is 0. The summed E-state index contributed by atoms with van der Waals surface area (Å²) in [6.45, 7) is 8.30. The number of amides is 3. The number of rotatable bonds is 7. The lowest BCUT2D eigenvalue weighted by molar-refractivity contribution is -0.142. The fraction of sp³-hybridized carbons (Fsp3) is 0.310. The van der Waals surface area contributed by atoms with Crippen LogP contribution in [0.2, 0.25) is 0 Å². The zero-order chi connectivity index (χ0) is 25.6. The van der Waals surface area contributed by atoms with Gasteiger partial charge in [-0.25, -0.2) is 4.79 Å². The summed E-state index contributed by atoms with van der Waals surface area (Å²) >= 11 is 0. The third-order valence-corrected chi connectivity index (χ3v) is 5.84. The van der Waals surface area contributed by atoms with Gasteiger partial charge in [-0.15, -0.1) is 0 Å². The second kappa shape index (κ2) is 11.1. The molecule has 184 valence electrons. The van der Waals surface area contributed by atoms with Crippen molar-refractivity contribution in [3.63, 3.8) is 0 Å². The summed E-state index contributed by atoms with van der Waals surface area (Å²) in [7, 11) is 3.95. The number of carbonyl (C=O) groups is 2. The highest BCUT2D eigenvalue weighted by atomic mass is 16.2. The van der Waals surface area contributed by atoms with E-state index >= 15 is 0 Å². The van der Waals surface area contributed by atoms with Gasteiger partial charge in [-0.05, 0) is 48.4 Å². The van der Waals surface area contributed by atoms with Crippen molar-refractivity contribution in [2.75, 3.05) is 29.6 Å². The van der Waals surface area contributed by atoms with Crippen molar-refractivity contribution in [1.82, 2.24) is 4.90 Å². The monoisotopic (exact) mass is 472 g/mol. The average Bonchev–Trinajstić information content (AvgIpc) is 2.82. The van der Waals surface area contributed by atoms with Crippen LogP contribution in [0.15, 0.2) is 78.9 Å². The van der Waals surface area contributed by atoms with E-state index in [4.69, 9.17) is 0 Å². The lowest BCUT2D eigenvalue weighted by Gasteiger charge is -2.35. The van der Waals surface area contributed by atoms with E-state index in [-0.39, 0.29) is 18.0 Å². The topological polar surface area (TPSA) is 64.7 Å². The number of benzene rings is 3. The zero-order valence-electron chi connectivity index (χ0n) is 21.5. The van der Waals surface area contributed by atoms with Gasteiger partial charge in [0, 0.05) is 43.1 Å². The van der Waals surface area contributed by atoms with Gasteiger partial charge in [0.05, 0.1) is 6.04 Å². The molecule has 0 bridgehead atoms. The minimum absolute atomic E-state index is 0.0683. The first kappa shape index (κ1) is 25.8. The molecule has 0 aliphatic heterocycles. The normalized spacial score (nSPS) is 11.9. The standard InChI is InChI=1S/C29H36N4O2/c1-21(22-13-9-7-10-14-22)33(27(34)29(2,3)4)20-23-19-25(17-18-26(23)32(5)6)31-28(35)30-24-15-11-8-12-16-24/h7-19,21H,20H2,1-6H3,(H2,30,31,35)/t21-/m1/s1. The van der Waals surface area contributed by atoms with Crippen molar-refractivity contribution in [3.05, 3.63) is 90.0 Å². The summed E-state index contributed by atoms with van der Waals surface area (Å²) < 4.78 is 0. The molecule has 1 atom stereocenters. The number of nitrogens with zero attached hydrogens (tertiary/aromatic N) is 2. The van der Waals surface area contributed by atoms with Crippen molar-refractivity contribution in [2.45, 2.75) is 40.3 Å². The third kappa shape index (κ3) is 6.85. The van der Waals surface area contributed by atoms with E-state index in [1.807, 2.05) is 124 Å². The summed E-state index contributed by atoms with van der Waals surface area (Å²) in [6, 6.07) is 24.7. The molecule has 2 N–H and O–H groups in total. The van der Waals surface area contributed by atoms with E-state index in [9.17, 15) is 9.59 Å². The Morgan fingerprint density at radius 2 is 1.40 bits per heavy atom. The maximum Gasteiger partial charge on any atom is 0.323 e. The average molecular weight is 473 g/mol. The molecule has 3 aromatic carbocycles. The molecule has 0 heterocycles. The molecule has 0 radical (unpaired) electrons. The predicted molar refractivity (Wildman–Crippen MR) is 145 cm³/mol. The van der Waals surface area contributed by atoms with Crippen LogP contribution in [0, 0.1) is 5.41 Å². The molecular weight excluding hydrogens is 436 g/mol. The van der Waals surface area contributed by atoms with Gasteiger partial charge in [0.15, 0.2) is 0 Å². The third-order valence-electron chi connectivity index (χ3n) is 5.84. The largest absolute Gasteiger partial charge is 0.377 e. The Morgan fingerprint density at radius 3 is 1.97 bits per heavy atom. The Labute approximate surface area is 209 Å². The molecule has 0 saturated heterocycles. The Hall–Kier alpha value is -3.80. The van der Waals surface area contributed by atoms with Crippen molar-refractivity contribution >= 4 is 29.0 Å². The molecule has 0 fully saturated rings. The number of para-hydroxylation sites is 1. The number of anilines is 3. The predicted octanol–water partition coefficient (Wildman–Crippen LogP) is 6.53. The van der Waals surface area contributed by atoms with Crippen molar-refractivity contribution in [1.29, 1.82) is 0 Å². The molecule has 0 spiro atoms. The highest BCUT2D eigenvalue weighted by Crippen LogP contribution is 2.32. The van der Waals surface area contributed by atoms with Gasteiger partial charge in [0.2, 0.25) is 5.91 Å². The van der Waals surface area contributed by atoms with Gasteiger partial charge in [-0.2, -0.15) is 0 Å². The smallest absolute Gasteiger partial charge is 0.323 e. The second-order valence-electron chi connectivity index (χ2n) is 9.95. The molecule has 0 aliphatic rings. The first-order chi connectivity index (χ1) is 16.6. The number of hydrogen-bond donors (Lipinski definition) is 2. The molecule has 6 heteroatoms. The first-order valence-corrected chi connectivity index (χ1v) is 11.9. The molecule has 3 rings (SSSR count). The van der Waals surface area contributed by atoms with E-state index in [1.54, 1.807) is 0 Å². The molecular formula is C29H36N4O2. The van der Waals surface area contributed by atoms with Crippen LogP contribution in [0.5, 0.6) is 0 Å². The van der Waals surface area contributed by atoms with Crippen molar-refractivity contribution < 1.29 is 9.59 Å². The van der Waals surface area contributed by atoms with E-state index in [0.717, 1.165) is 16.8 Å². The van der Waals surface area contributed by atoms with Gasteiger partial charge in [0.1, 0.15) is 0 Å². The number of nitrogens with one attached hydrogen (secondary N) is 2. The fourth-order valence-electron chi connectivity index (χ4n) is 3.95. The molecule has 0 aliphatic carbocycles. The summed E-state index contributed by atoms with van der Waals surface area (Å²) in [5.74, 6) is 0.0683. The zero-order valence-corrected chi connectivity index (χ0v) is 21.5. The highest BCUT2D eigenvalue weighted by molar-refractivity contribution is 6.00. The molecule has 0 aromatic heterocycles. The maximum atomic E-state index is 13.6. The number of hydrogen-bond acceptors (Lipinski definition) is 3. The Bertz CT molecular complexity index is 1140. The summed E-state index contributed by atoms with van der Waals surface area (Å²) in [5.41, 5.74) is 3.86. The number of urea groups is 1. The van der Waals surface area contributed by atoms with Crippen LogP contribution in [0.25, 0.3) is 0 Å². The highest BCUT2D eigenvalue weighted by Gasteiger charge is 2.31. The Kier molecular flexibility index (Phi) is 8.18. The van der Waals surface area contributed by atoms with E-state index in [2.05, 4.69) is 17.6 Å². The van der Waals surface area contributed by atoms with Crippen LogP contribution in [-0.4, -0.2) is 30.9 Å². The van der Waals surface area contributed by atoms with Crippen LogP contribution in [0.4, 0.5) is 21.9 Å². The minimum Gasteiger partial charge on any atom is -0.377 e. The van der Waals surface area contributed by atoms with Gasteiger partial charge >= 0.3 is 6.03 Å². The van der Waals surface area contributed by atoms with Crippen LogP contribution in [0.3, 0.4) is 0 Å². The second-order valence-corrected chi connectivity index (χ2v) is 9.95. The summed E-state index contributed by atoms with van der Waals surface area (Å²) in [4.78, 5) is 30.1. The molecule has 0 saturated carbocycles. The van der Waals surface area contributed by atoms with Crippen LogP contribution >= 0.6 is 0 Å². The van der Waals surface area contributed by atoms with Gasteiger partial charge in [0.25, 0.3) is 0 Å². The van der Waals surface area contributed by atoms with E-state index in [0.29, 0.717) is 17.9 Å². The van der Waals surface area contributed by atoms with Crippen LogP contribution < -0.4 is 15.5 Å². The molecule has 0 unspecified atom stereocenters. The van der Waals surface area contributed by atoms with Crippen molar-refractivity contribution in [2.24, 2.45) is 5.41 Å². The van der Waals surface area contributed by atoms with Gasteiger partial charge in [-0.1, -0.05) is 69.3 Å². The maximum absolute atomic E-state index is 13.6. The van der Waals surface area contributed by atoms with Crippen molar-refractivity contribution in [3.8, 4) is 0 Å². The molecule has 6 nitrogen and oxygen atoms in total. The van der Waals surface area contributed by atoms with Gasteiger partial charge in [-0.3, -0.25) is 4.79 Å². The molecule has 35 heavy (non-hydrogen) atoms. The number of carbonyl (C=O) groups excluding carboxylic acids is 2. The molecule has 3 aromatic rings. The fourth-order valence-corrected chi connectivity index (χ4v) is 3.95. The quantitative estimate of drug-likeness (QED) is 0.411. The Morgan fingerprint density at radius 1 is 0.829 bits per heavy atom. The SMILES string of the molecule is C[C@H](c1ccccc1)N(Cc1cc(NC(=O)Nc2ccccc2)ccc1N(C)C)C(=O)C(C)(C)C. The van der Waals surface area contributed by atoms with Crippen LogP contribution in [-0.2, 0) is 11.3 Å². The van der Waals surface area contributed by atoms with E-state index < -0.39 is 5.41 Å². The van der Waals surface area contributed by atoms with E-state index in [1.165, 1.54) is 0 Å². The minimum atomic E-state index is -0.535. The first-order valence-electron chi connectivity index (χ1n) is 11.9. The van der Waals surface area contributed by atoms with Gasteiger partial charge < -0.3 is 20.4 Å². The lowest BCUT2D eigenvalue weighted by atomic mass is 9.92. The molecule has 3 amide bonds. The summed E-state index contributed by atoms with van der Waals surface area (Å²) in [5, 5.41) is 5.76. The lowest BCUT2D eigenvalue weighted by Crippen LogP contribution is -2.40. The Balaban J connectivity index is 1.91. The van der Waals surface area contributed by atoms with Crippen LogP contribution in [0.1, 0.15) is 44.9 Å².